The highest BCUT2D eigenvalue weighted by Gasteiger charge is 2.06. The van der Waals surface area contributed by atoms with Crippen LogP contribution in [0.2, 0.25) is 0 Å². The molecule has 1 aromatic carbocycles. The molecule has 0 radical (unpaired) electrons. The van der Waals surface area contributed by atoms with Crippen molar-refractivity contribution < 1.29 is 4.74 Å². The third kappa shape index (κ3) is 2.82. The summed E-state index contributed by atoms with van der Waals surface area (Å²) in [6, 6.07) is 8.51. The summed E-state index contributed by atoms with van der Waals surface area (Å²) in [5.74, 6) is 0. The van der Waals surface area contributed by atoms with Crippen LogP contribution >= 0.6 is 0 Å². The first-order valence-corrected chi connectivity index (χ1v) is 5.13. The van der Waals surface area contributed by atoms with E-state index in [1.54, 1.807) is 7.11 Å². The van der Waals surface area contributed by atoms with Gasteiger partial charge in [-0.1, -0.05) is 37.6 Å². The Balaban J connectivity index is 2.71. The fraction of sp³-hybridized carbons (Fsp3) is 0.500. The topological polar surface area (TPSA) is 35.2 Å². The number of hydrogen-bond donors (Lipinski definition) is 1. The van der Waals surface area contributed by atoms with E-state index in [1.807, 2.05) is 0 Å². The van der Waals surface area contributed by atoms with Crippen LogP contribution in [-0.2, 0) is 11.2 Å². The average Bonchev–Trinajstić information content (AvgIpc) is 2.23. The first-order valence-electron chi connectivity index (χ1n) is 5.13. The molecular formula is C12H19NO. The molecule has 0 saturated carbocycles. The molecule has 0 spiro atoms. The van der Waals surface area contributed by atoms with Crippen LogP contribution in [0, 0.1) is 0 Å². The maximum Gasteiger partial charge on any atom is 0.0943 e. The molecule has 1 rings (SSSR count). The standard InChI is InChI=1S/C12H19NO/c1-3-4-10-5-7-11(8-6-10)12(9-13)14-2/h5-8,12H,3-4,9,13H2,1-2H3. The molecule has 2 nitrogen and oxygen atoms in total. The smallest absolute Gasteiger partial charge is 0.0943 e. The maximum atomic E-state index is 5.59. The van der Waals surface area contributed by atoms with Gasteiger partial charge in [0.15, 0.2) is 0 Å². The van der Waals surface area contributed by atoms with E-state index in [0.717, 1.165) is 12.0 Å². The molecular weight excluding hydrogens is 174 g/mol. The van der Waals surface area contributed by atoms with Gasteiger partial charge in [0.1, 0.15) is 0 Å². The van der Waals surface area contributed by atoms with Crippen LogP contribution in [0.1, 0.15) is 30.6 Å². The van der Waals surface area contributed by atoms with Gasteiger partial charge in [0.25, 0.3) is 0 Å². The second kappa shape index (κ2) is 5.78. The fourth-order valence-corrected chi connectivity index (χ4v) is 1.56. The predicted molar refractivity (Wildman–Crippen MR) is 59.2 cm³/mol. The summed E-state index contributed by atoms with van der Waals surface area (Å²) in [5.41, 5.74) is 8.13. The third-order valence-electron chi connectivity index (χ3n) is 2.39. The van der Waals surface area contributed by atoms with Gasteiger partial charge in [-0.25, -0.2) is 0 Å². The molecule has 2 heteroatoms. The molecule has 78 valence electrons. The molecule has 2 N–H and O–H groups in total. The molecule has 0 heterocycles. The van der Waals surface area contributed by atoms with Crippen molar-refractivity contribution in [1.29, 1.82) is 0 Å². The maximum absolute atomic E-state index is 5.59. The number of hydrogen-bond acceptors (Lipinski definition) is 2. The van der Waals surface area contributed by atoms with Crippen LogP contribution in [0.5, 0.6) is 0 Å². The Morgan fingerprint density at radius 2 is 1.93 bits per heavy atom. The van der Waals surface area contributed by atoms with Crippen LogP contribution in [-0.4, -0.2) is 13.7 Å². The van der Waals surface area contributed by atoms with Crippen LogP contribution in [0.15, 0.2) is 24.3 Å². The van der Waals surface area contributed by atoms with Crippen molar-refractivity contribution in [2.45, 2.75) is 25.9 Å². The van der Waals surface area contributed by atoms with E-state index in [1.165, 1.54) is 12.0 Å². The lowest BCUT2D eigenvalue weighted by Crippen LogP contribution is -2.13. The second-order valence-electron chi connectivity index (χ2n) is 3.45. The van der Waals surface area contributed by atoms with E-state index < -0.39 is 0 Å². The highest BCUT2D eigenvalue weighted by molar-refractivity contribution is 5.24. The Morgan fingerprint density at radius 3 is 2.36 bits per heavy atom. The minimum Gasteiger partial charge on any atom is -0.375 e. The minimum atomic E-state index is 0.0330. The van der Waals surface area contributed by atoms with Crippen molar-refractivity contribution >= 4 is 0 Å². The number of rotatable bonds is 5. The Bertz CT molecular complexity index is 252. The molecule has 0 aliphatic heterocycles. The Hall–Kier alpha value is -0.860. The van der Waals surface area contributed by atoms with Crippen molar-refractivity contribution in [1.82, 2.24) is 0 Å². The zero-order valence-corrected chi connectivity index (χ0v) is 8.99. The van der Waals surface area contributed by atoms with Crippen molar-refractivity contribution in [3.8, 4) is 0 Å². The quantitative estimate of drug-likeness (QED) is 0.778. The first kappa shape index (κ1) is 11.2. The number of nitrogens with two attached hydrogens (primary N) is 1. The average molecular weight is 193 g/mol. The molecule has 14 heavy (non-hydrogen) atoms. The van der Waals surface area contributed by atoms with Gasteiger partial charge in [0.05, 0.1) is 6.10 Å². The van der Waals surface area contributed by atoms with Crippen LogP contribution < -0.4 is 5.73 Å². The lowest BCUT2D eigenvalue weighted by Gasteiger charge is -2.13. The Morgan fingerprint density at radius 1 is 1.29 bits per heavy atom. The van der Waals surface area contributed by atoms with Crippen molar-refractivity contribution in [2.24, 2.45) is 5.73 Å². The van der Waals surface area contributed by atoms with Gasteiger partial charge in [-0.3, -0.25) is 0 Å². The first-order chi connectivity index (χ1) is 6.81. The summed E-state index contributed by atoms with van der Waals surface area (Å²) >= 11 is 0. The zero-order valence-electron chi connectivity index (χ0n) is 8.99. The van der Waals surface area contributed by atoms with Gasteiger partial charge in [0, 0.05) is 13.7 Å². The molecule has 0 amide bonds. The van der Waals surface area contributed by atoms with Crippen molar-refractivity contribution in [3.63, 3.8) is 0 Å². The predicted octanol–water partition coefficient (Wildman–Crippen LogP) is 2.29. The lowest BCUT2D eigenvalue weighted by molar-refractivity contribution is 0.110. The van der Waals surface area contributed by atoms with Crippen LogP contribution in [0.3, 0.4) is 0 Å². The van der Waals surface area contributed by atoms with E-state index in [2.05, 4.69) is 31.2 Å². The highest BCUT2D eigenvalue weighted by atomic mass is 16.5. The summed E-state index contributed by atoms with van der Waals surface area (Å²) < 4.78 is 5.26. The van der Waals surface area contributed by atoms with Crippen LogP contribution in [0.25, 0.3) is 0 Å². The SMILES string of the molecule is CCCc1ccc(C(CN)OC)cc1. The van der Waals surface area contributed by atoms with Gasteiger partial charge in [0.2, 0.25) is 0 Å². The summed E-state index contributed by atoms with van der Waals surface area (Å²) in [6.45, 7) is 2.72. The molecule has 0 aromatic heterocycles. The second-order valence-corrected chi connectivity index (χ2v) is 3.45. The summed E-state index contributed by atoms with van der Waals surface area (Å²) in [6.07, 6.45) is 2.36. The van der Waals surface area contributed by atoms with Crippen molar-refractivity contribution in [2.75, 3.05) is 13.7 Å². The molecule has 0 aliphatic rings. The van der Waals surface area contributed by atoms with Gasteiger partial charge >= 0.3 is 0 Å². The molecule has 0 saturated heterocycles. The number of methoxy groups -OCH3 is 1. The third-order valence-corrected chi connectivity index (χ3v) is 2.39. The molecule has 0 fully saturated rings. The van der Waals surface area contributed by atoms with E-state index >= 15 is 0 Å². The van der Waals surface area contributed by atoms with Gasteiger partial charge in [-0.2, -0.15) is 0 Å². The molecule has 0 aliphatic carbocycles. The van der Waals surface area contributed by atoms with E-state index in [0.29, 0.717) is 6.54 Å². The Labute approximate surface area is 86.1 Å². The summed E-state index contributed by atoms with van der Waals surface area (Å²) in [4.78, 5) is 0. The largest absolute Gasteiger partial charge is 0.375 e. The highest BCUT2D eigenvalue weighted by Crippen LogP contribution is 2.16. The molecule has 1 atom stereocenters. The minimum absolute atomic E-state index is 0.0330. The summed E-state index contributed by atoms with van der Waals surface area (Å²) in [5, 5.41) is 0. The zero-order chi connectivity index (χ0) is 10.4. The van der Waals surface area contributed by atoms with Crippen molar-refractivity contribution in [3.05, 3.63) is 35.4 Å². The molecule has 1 aromatic rings. The fourth-order valence-electron chi connectivity index (χ4n) is 1.56. The lowest BCUT2D eigenvalue weighted by atomic mass is 10.0. The van der Waals surface area contributed by atoms with Gasteiger partial charge < -0.3 is 10.5 Å². The van der Waals surface area contributed by atoms with Crippen LogP contribution in [0.4, 0.5) is 0 Å². The normalized spacial score (nSPS) is 12.8. The number of aryl methyl sites for hydroxylation is 1. The van der Waals surface area contributed by atoms with E-state index in [-0.39, 0.29) is 6.10 Å². The molecule has 1 unspecified atom stereocenters. The summed E-state index contributed by atoms with van der Waals surface area (Å²) in [7, 11) is 1.69. The Kier molecular flexibility index (Phi) is 4.63. The number of ether oxygens (including phenoxy) is 1. The monoisotopic (exact) mass is 193 g/mol. The van der Waals surface area contributed by atoms with E-state index in [4.69, 9.17) is 10.5 Å². The number of benzene rings is 1. The molecule has 0 bridgehead atoms. The van der Waals surface area contributed by atoms with E-state index in [9.17, 15) is 0 Å². The van der Waals surface area contributed by atoms with Gasteiger partial charge in [-0.05, 0) is 17.5 Å². The van der Waals surface area contributed by atoms with Gasteiger partial charge in [-0.15, -0.1) is 0 Å².